The first kappa shape index (κ1) is 14.4. The van der Waals surface area contributed by atoms with Gasteiger partial charge < -0.3 is 13.9 Å². The molecule has 0 radical (unpaired) electrons. The van der Waals surface area contributed by atoms with E-state index in [0.29, 0.717) is 5.76 Å². The Bertz CT molecular complexity index is 685. The molecule has 8 heteroatoms. The Balaban J connectivity index is 2.17. The summed E-state index contributed by atoms with van der Waals surface area (Å²) in [6, 6.07) is 6.03. The molecule has 0 aliphatic rings. The maximum atomic E-state index is 11.7. The van der Waals surface area contributed by atoms with Crippen molar-refractivity contribution >= 4 is 16.0 Å². The quantitative estimate of drug-likeness (QED) is 0.868. The van der Waals surface area contributed by atoms with Gasteiger partial charge in [0.25, 0.3) is 0 Å². The highest BCUT2D eigenvalue weighted by molar-refractivity contribution is 7.88. The van der Waals surface area contributed by atoms with Crippen molar-refractivity contribution in [1.82, 2.24) is 4.31 Å². The predicted octanol–water partition coefficient (Wildman–Crippen LogP) is 1.53. The van der Waals surface area contributed by atoms with Gasteiger partial charge in [-0.3, -0.25) is 0 Å². The number of furan rings is 2. The molecule has 0 spiro atoms. The lowest BCUT2D eigenvalue weighted by Crippen LogP contribution is -2.28. The van der Waals surface area contributed by atoms with E-state index in [1.807, 2.05) is 0 Å². The van der Waals surface area contributed by atoms with Gasteiger partial charge in [0, 0.05) is 0 Å². The van der Waals surface area contributed by atoms with E-state index in [-0.39, 0.29) is 24.6 Å². The minimum atomic E-state index is -3.48. The fourth-order valence-electron chi connectivity index (χ4n) is 1.62. The maximum absolute atomic E-state index is 11.7. The minimum Gasteiger partial charge on any atom is -0.475 e. The van der Waals surface area contributed by atoms with E-state index in [1.54, 1.807) is 12.1 Å². The summed E-state index contributed by atoms with van der Waals surface area (Å²) in [6.07, 6.45) is 2.52. The third-order valence-electron chi connectivity index (χ3n) is 2.59. The number of carboxylic acid groups (broad SMARTS) is 1. The molecule has 108 valence electrons. The molecule has 0 aromatic carbocycles. The van der Waals surface area contributed by atoms with Crippen LogP contribution in [0.1, 0.15) is 22.1 Å². The molecule has 2 heterocycles. The summed E-state index contributed by atoms with van der Waals surface area (Å²) in [5.74, 6) is -0.695. The molecular formula is C12H13NO6S. The summed E-state index contributed by atoms with van der Waals surface area (Å²) < 4.78 is 34.8. The summed E-state index contributed by atoms with van der Waals surface area (Å²) in [6.45, 7) is -0.0122. The zero-order valence-electron chi connectivity index (χ0n) is 10.6. The average Bonchev–Trinajstić information content (AvgIpc) is 2.97. The molecule has 0 amide bonds. The molecule has 1 N–H and O–H groups in total. The number of rotatable bonds is 6. The molecule has 0 aliphatic carbocycles. The van der Waals surface area contributed by atoms with Crippen molar-refractivity contribution in [3.63, 3.8) is 0 Å². The highest BCUT2D eigenvalue weighted by Crippen LogP contribution is 2.16. The van der Waals surface area contributed by atoms with Gasteiger partial charge in [0.2, 0.25) is 15.8 Å². The van der Waals surface area contributed by atoms with E-state index in [0.717, 1.165) is 10.6 Å². The Labute approximate surface area is 115 Å². The van der Waals surface area contributed by atoms with Crippen LogP contribution in [0.25, 0.3) is 0 Å². The van der Waals surface area contributed by atoms with Gasteiger partial charge in [0.15, 0.2) is 0 Å². The second kappa shape index (κ2) is 5.51. The van der Waals surface area contributed by atoms with Crippen molar-refractivity contribution in [2.24, 2.45) is 0 Å². The molecule has 0 aliphatic heterocycles. The smallest absolute Gasteiger partial charge is 0.371 e. The summed E-state index contributed by atoms with van der Waals surface area (Å²) in [4.78, 5) is 10.7. The van der Waals surface area contributed by atoms with Crippen molar-refractivity contribution in [2.75, 3.05) is 6.26 Å². The Morgan fingerprint density at radius 3 is 2.45 bits per heavy atom. The zero-order valence-corrected chi connectivity index (χ0v) is 11.5. The topological polar surface area (TPSA) is 101 Å². The Hall–Kier alpha value is -2.06. The number of nitrogens with zero attached hydrogens (tertiary/aromatic N) is 1. The standard InChI is InChI=1S/C12H13NO6S/c1-20(16,17)13(7-9-3-2-6-18-9)8-10-4-5-11(19-10)12(14)15/h2-6H,7-8H2,1H3,(H,14,15). The van der Waals surface area contributed by atoms with Crippen molar-refractivity contribution < 1.29 is 27.2 Å². The monoisotopic (exact) mass is 299 g/mol. The molecule has 20 heavy (non-hydrogen) atoms. The molecule has 0 fully saturated rings. The van der Waals surface area contributed by atoms with Crippen LogP contribution in [0.3, 0.4) is 0 Å². The van der Waals surface area contributed by atoms with E-state index in [1.165, 1.54) is 18.4 Å². The number of carboxylic acids is 1. The molecule has 2 aromatic heterocycles. The van der Waals surface area contributed by atoms with E-state index < -0.39 is 16.0 Å². The zero-order chi connectivity index (χ0) is 14.8. The average molecular weight is 299 g/mol. The summed E-state index contributed by atoms with van der Waals surface area (Å²) in [5, 5.41) is 8.76. The number of hydrogen-bond acceptors (Lipinski definition) is 5. The van der Waals surface area contributed by atoms with Crippen LogP contribution in [0.5, 0.6) is 0 Å². The minimum absolute atomic E-state index is 0.0505. The van der Waals surface area contributed by atoms with Crippen molar-refractivity contribution in [3.05, 3.63) is 47.8 Å². The lowest BCUT2D eigenvalue weighted by Gasteiger charge is -2.17. The van der Waals surface area contributed by atoms with Gasteiger partial charge in [-0.15, -0.1) is 0 Å². The summed E-state index contributed by atoms with van der Waals surface area (Å²) >= 11 is 0. The fourth-order valence-corrected chi connectivity index (χ4v) is 2.34. The molecule has 2 aromatic rings. The second-order valence-corrected chi connectivity index (χ2v) is 6.16. The van der Waals surface area contributed by atoms with E-state index in [2.05, 4.69) is 0 Å². The van der Waals surface area contributed by atoms with Gasteiger partial charge in [0.1, 0.15) is 11.5 Å². The molecular weight excluding hydrogens is 286 g/mol. The Morgan fingerprint density at radius 1 is 1.25 bits per heavy atom. The first-order valence-electron chi connectivity index (χ1n) is 5.66. The number of sulfonamides is 1. The first-order chi connectivity index (χ1) is 9.36. The molecule has 0 atom stereocenters. The van der Waals surface area contributed by atoms with Crippen LogP contribution in [0.4, 0.5) is 0 Å². The van der Waals surface area contributed by atoms with Crippen molar-refractivity contribution in [3.8, 4) is 0 Å². The third-order valence-corrected chi connectivity index (χ3v) is 3.78. The van der Waals surface area contributed by atoms with Gasteiger partial charge in [-0.2, -0.15) is 4.31 Å². The van der Waals surface area contributed by atoms with Crippen LogP contribution in [0.15, 0.2) is 39.4 Å². The van der Waals surface area contributed by atoms with E-state index in [9.17, 15) is 13.2 Å². The Kier molecular flexibility index (Phi) is 3.96. The van der Waals surface area contributed by atoms with Gasteiger partial charge in [-0.25, -0.2) is 13.2 Å². The number of carbonyl (C=O) groups is 1. The van der Waals surface area contributed by atoms with Crippen LogP contribution in [-0.2, 0) is 23.1 Å². The van der Waals surface area contributed by atoms with Crippen LogP contribution in [0.2, 0.25) is 0 Å². The summed E-state index contributed by atoms with van der Waals surface area (Å²) in [5.41, 5.74) is 0. The largest absolute Gasteiger partial charge is 0.475 e. The predicted molar refractivity (Wildman–Crippen MR) is 68.5 cm³/mol. The van der Waals surface area contributed by atoms with Crippen molar-refractivity contribution in [1.29, 1.82) is 0 Å². The van der Waals surface area contributed by atoms with Crippen molar-refractivity contribution in [2.45, 2.75) is 13.1 Å². The van der Waals surface area contributed by atoms with Crippen LogP contribution in [0, 0.1) is 0 Å². The Morgan fingerprint density at radius 2 is 1.95 bits per heavy atom. The number of hydrogen-bond donors (Lipinski definition) is 1. The fraction of sp³-hybridized carbons (Fsp3) is 0.250. The third kappa shape index (κ3) is 3.49. The second-order valence-electron chi connectivity index (χ2n) is 4.18. The normalized spacial score (nSPS) is 11.9. The molecule has 0 bridgehead atoms. The van der Waals surface area contributed by atoms with Crippen LogP contribution >= 0.6 is 0 Å². The van der Waals surface area contributed by atoms with Gasteiger partial charge in [-0.1, -0.05) is 0 Å². The van der Waals surface area contributed by atoms with E-state index >= 15 is 0 Å². The maximum Gasteiger partial charge on any atom is 0.371 e. The highest BCUT2D eigenvalue weighted by atomic mass is 32.2. The molecule has 0 saturated heterocycles. The van der Waals surface area contributed by atoms with E-state index in [4.69, 9.17) is 13.9 Å². The SMILES string of the molecule is CS(=O)(=O)N(Cc1ccco1)Cc1ccc(C(=O)O)o1. The molecule has 0 unspecified atom stereocenters. The van der Waals surface area contributed by atoms with Crippen LogP contribution < -0.4 is 0 Å². The molecule has 0 saturated carbocycles. The molecule has 7 nitrogen and oxygen atoms in total. The van der Waals surface area contributed by atoms with Gasteiger partial charge in [0.05, 0.1) is 25.6 Å². The number of aromatic carboxylic acids is 1. The lowest BCUT2D eigenvalue weighted by atomic mass is 10.4. The molecule has 2 rings (SSSR count). The van der Waals surface area contributed by atoms with Crippen LogP contribution in [-0.4, -0.2) is 30.1 Å². The first-order valence-corrected chi connectivity index (χ1v) is 7.50. The lowest BCUT2D eigenvalue weighted by molar-refractivity contribution is 0.0659. The van der Waals surface area contributed by atoms with Gasteiger partial charge in [-0.05, 0) is 24.3 Å². The highest BCUT2D eigenvalue weighted by Gasteiger charge is 2.21. The summed E-state index contributed by atoms with van der Waals surface area (Å²) in [7, 11) is -3.48. The van der Waals surface area contributed by atoms with Gasteiger partial charge >= 0.3 is 5.97 Å².